The van der Waals surface area contributed by atoms with Crippen LogP contribution in [0.15, 0.2) is 6.07 Å². The number of nitrogens with zero attached hydrogens (tertiary/aromatic N) is 2. The van der Waals surface area contributed by atoms with E-state index in [1.165, 1.54) is 32.1 Å². The van der Waals surface area contributed by atoms with Crippen LogP contribution in [0.4, 0.5) is 11.6 Å². The van der Waals surface area contributed by atoms with Crippen LogP contribution in [-0.2, 0) is 0 Å². The zero-order chi connectivity index (χ0) is 14.4. The summed E-state index contributed by atoms with van der Waals surface area (Å²) in [5, 5.41) is 6.74. The van der Waals surface area contributed by atoms with E-state index in [1.807, 2.05) is 13.0 Å². The molecule has 20 heavy (non-hydrogen) atoms. The Morgan fingerprint density at radius 3 is 2.20 bits per heavy atom. The fourth-order valence-electron chi connectivity index (χ4n) is 3.02. The minimum absolute atomic E-state index is 0.802. The van der Waals surface area contributed by atoms with Gasteiger partial charge in [-0.3, -0.25) is 0 Å². The highest BCUT2D eigenvalue weighted by atomic mass is 15.1. The van der Waals surface area contributed by atoms with Gasteiger partial charge in [-0.1, -0.05) is 26.2 Å². The molecule has 1 saturated carbocycles. The van der Waals surface area contributed by atoms with Gasteiger partial charge < -0.3 is 10.6 Å². The summed E-state index contributed by atoms with van der Waals surface area (Å²) in [5.41, 5.74) is 0. The van der Waals surface area contributed by atoms with E-state index in [4.69, 9.17) is 0 Å². The standard InChI is InChI=1S/C16H28N4/c1-4-13-6-8-14(9-7-13)11-18-16-10-15(17-5-2)19-12(3)20-16/h10,13-14H,4-9,11H2,1-3H3,(H2,17,18,19,20). The number of anilines is 2. The second kappa shape index (κ2) is 7.46. The van der Waals surface area contributed by atoms with E-state index < -0.39 is 0 Å². The molecule has 0 radical (unpaired) electrons. The number of aromatic nitrogens is 2. The molecule has 4 heteroatoms. The largest absolute Gasteiger partial charge is 0.370 e. The van der Waals surface area contributed by atoms with Crippen LogP contribution in [0, 0.1) is 18.8 Å². The van der Waals surface area contributed by atoms with Crippen molar-refractivity contribution in [2.75, 3.05) is 23.7 Å². The zero-order valence-corrected chi connectivity index (χ0v) is 13.1. The number of aryl methyl sites for hydroxylation is 1. The first-order chi connectivity index (χ1) is 9.71. The molecule has 1 heterocycles. The minimum atomic E-state index is 0.802. The van der Waals surface area contributed by atoms with Crippen LogP contribution in [0.25, 0.3) is 0 Å². The van der Waals surface area contributed by atoms with Crippen molar-refractivity contribution < 1.29 is 0 Å². The molecule has 2 N–H and O–H groups in total. The van der Waals surface area contributed by atoms with Gasteiger partial charge in [0.05, 0.1) is 0 Å². The molecule has 0 aromatic carbocycles. The predicted molar refractivity (Wildman–Crippen MR) is 85.2 cm³/mol. The van der Waals surface area contributed by atoms with Gasteiger partial charge in [-0.2, -0.15) is 0 Å². The van der Waals surface area contributed by atoms with Gasteiger partial charge in [0.1, 0.15) is 17.5 Å². The molecule has 1 aliphatic carbocycles. The van der Waals surface area contributed by atoms with Crippen LogP contribution in [0.3, 0.4) is 0 Å². The van der Waals surface area contributed by atoms with E-state index in [-0.39, 0.29) is 0 Å². The second-order valence-corrected chi connectivity index (χ2v) is 5.89. The molecule has 1 aromatic heterocycles. The Hall–Kier alpha value is -1.32. The first kappa shape index (κ1) is 15.1. The Morgan fingerprint density at radius 1 is 1.00 bits per heavy atom. The fraction of sp³-hybridized carbons (Fsp3) is 0.750. The SMILES string of the molecule is CCNc1cc(NCC2CCC(CC)CC2)nc(C)n1. The maximum Gasteiger partial charge on any atom is 0.131 e. The fourth-order valence-corrected chi connectivity index (χ4v) is 3.02. The molecule has 1 aromatic rings. The lowest BCUT2D eigenvalue weighted by molar-refractivity contribution is 0.278. The van der Waals surface area contributed by atoms with E-state index in [1.54, 1.807) is 0 Å². The van der Waals surface area contributed by atoms with Gasteiger partial charge in [-0.15, -0.1) is 0 Å². The number of hydrogen-bond donors (Lipinski definition) is 2. The van der Waals surface area contributed by atoms with Gasteiger partial charge in [0.25, 0.3) is 0 Å². The highest BCUT2D eigenvalue weighted by Crippen LogP contribution is 2.30. The molecule has 0 aliphatic heterocycles. The van der Waals surface area contributed by atoms with Gasteiger partial charge in [-0.05, 0) is 38.5 Å². The molecule has 0 saturated heterocycles. The third-order valence-electron chi connectivity index (χ3n) is 4.31. The van der Waals surface area contributed by atoms with Crippen LogP contribution < -0.4 is 10.6 Å². The Morgan fingerprint density at radius 2 is 1.60 bits per heavy atom. The monoisotopic (exact) mass is 276 g/mol. The third-order valence-corrected chi connectivity index (χ3v) is 4.31. The predicted octanol–water partition coefficient (Wildman–Crippen LogP) is 3.85. The Balaban J connectivity index is 1.84. The van der Waals surface area contributed by atoms with Gasteiger partial charge >= 0.3 is 0 Å². The molecule has 4 nitrogen and oxygen atoms in total. The maximum absolute atomic E-state index is 4.47. The van der Waals surface area contributed by atoms with Crippen molar-refractivity contribution in [3.05, 3.63) is 11.9 Å². The number of hydrogen-bond acceptors (Lipinski definition) is 4. The Bertz CT molecular complexity index is 411. The van der Waals surface area contributed by atoms with Crippen LogP contribution in [0.5, 0.6) is 0 Å². The van der Waals surface area contributed by atoms with Crippen molar-refractivity contribution >= 4 is 11.6 Å². The molecule has 2 rings (SSSR count). The maximum atomic E-state index is 4.47. The topological polar surface area (TPSA) is 49.8 Å². The molecule has 1 fully saturated rings. The summed E-state index contributed by atoms with van der Waals surface area (Å²) in [6.07, 6.45) is 6.85. The van der Waals surface area contributed by atoms with Gasteiger partial charge in [0, 0.05) is 19.2 Å². The molecule has 0 spiro atoms. The van der Waals surface area contributed by atoms with Gasteiger partial charge in [0.15, 0.2) is 0 Å². The lowest BCUT2D eigenvalue weighted by Crippen LogP contribution is -2.21. The lowest BCUT2D eigenvalue weighted by atomic mass is 9.81. The van der Waals surface area contributed by atoms with Crippen molar-refractivity contribution in [2.45, 2.75) is 52.9 Å². The quantitative estimate of drug-likeness (QED) is 0.828. The molecular formula is C16H28N4. The summed E-state index contributed by atoms with van der Waals surface area (Å²) >= 11 is 0. The summed E-state index contributed by atoms with van der Waals surface area (Å²) in [7, 11) is 0. The molecule has 0 amide bonds. The van der Waals surface area contributed by atoms with E-state index in [2.05, 4.69) is 34.4 Å². The highest BCUT2D eigenvalue weighted by Gasteiger charge is 2.19. The molecule has 0 atom stereocenters. The van der Waals surface area contributed by atoms with E-state index in [9.17, 15) is 0 Å². The van der Waals surface area contributed by atoms with Gasteiger partial charge in [0.2, 0.25) is 0 Å². The van der Waals surface area contributed by atoms with Crippen molar-refractivity contribution in [3.63, 3.8) is 0 Å². The van der Waals surface area contributed by atoms with E-state index >= 15 is 0 Å². The van der Waals surface area contributed by atoms with Crippen molar-refractivity contribution in [1.82, 2.24) is 9.97 Å². The molecule has 1 aliphatic rings. The first-order valence-corrected chi connectivity index (χ1v) is 8.04. The lowest BCUT2D eigenvalue weighted by Gasteiger charge is -2.28. The smallest absolute Gasteiger partial charge is 0.131 e. The number of rotatable bonds is 6. The van der Waals surface area contributed by atoms with E-state index in [0.29, 0.717) is 0 Å². The average molecular weight is 276 g/mol. The van der Waals surface area contributed by atoms with Crippen LogP contribution in [0.2, 0.25) is 0 Å². The molecule has 0 bridgehead atoms. The van der Waals surface area contributed by atoms with Gasteiger partial charge in [-0.25, -0.2) is 9.97 Å². The van der Waals surface area contributed by atoms with E-state index in [0.717, 1.165) is 42.4 Å². The Labute approximate surface area is 122 Å². The van der Waals surface area contributed by atoms with Crippen LogP contribution in [0.1, 0.15) is 51.8 Å². The minimum Gasteiger partial charge on any atom is -0.370 e. The molecule has 0 unspecified atom stereocenters. The molecular weight excluding hydrogens is 248 g/mol. The third kappa shape index (κ3) is 4.36. The normalized spacial score (nSPS) is 22.6. The van der Waals surface area contributed by atoms with Crippen molar-refractivity contribution in [1.29, 1.82) is 0 Å². The highest BCUT2D eigenvalue weighted by molar-refractivity contribution is 5.47. The Kier molecular flexibility index (Phi) is 5.62. The van der Waals surface area contributed by atoms with Crippen LogP contribution >= 0.6 is 0 Å². The summed E-state index contributed by atoms with van der Waals surface area (Å²) in [6, 6.07) is 2.01. The summed E-state index contributed by atoms with van der Waals surface area (Å²) in [4.78, 5) is 8.85. The summed E-state index contributed by atoms with van der Waals surface area (Å²) in [6.45, 7) is 8.26. The van der Waals surface area contributed by atoms with Crippen molar-refractivity contribution in [2.24, 2.45) is 11.8 Å². The first-order valence-electron chi connectivity index (χ1n) is 8.04. The average Bonchev–Trinajstić information content (AvgIpc) is 2.45. The number of nitrogens with one attached hydrogen (secondary N) is 2. The van der Waals surface area contributed by atoms with Crippen LogP contribution in [-0.4, -0.2) is 23.1 Å². The van der Waals surface area contributed by atoms with Crippen molar-refractivity contribution in [3.8, 4) is 0 Å². The summed E-state index contributed by atoms with van der Waals surface area (Å²) < 4.78 is 0. The molecule has 112 valence electrons. The second-order valence-electron chi connectivity index (χ2n) is 5.89. The summed E-state index contributed by atoms with van der Waals surface area (Å²) in [5.74, 6) is 4.45. The zero-order valence-electron chi connectivity index (χ0n) is 13.1.